The third-order valence-electron chi connectivity index (χ3n) is 4.52. The monoisotopic (exact) mass is 411 g/mol. The highest BCUT2D eigenvalue weighted by Gasteiger charge is 2.22. The van der Waals surface area contributed by atoms with Crippen molar-refractivity contribution in [3.05, 3.63) is 53.9 Å². The minimum Gasteiger partial charge on any atom is -0.497 e. The molecular weight excluding hydrogens is 386 g/mol. The molecule has 2 aromatic carbocycles. The van der Waals surface area contributed by atoms with Crippen molar-refractivity contribution in [1.82, 2.24) is 15.0 Å². The number of methoxy groups -OCH3 is 2. The summed E-state index contributed by atoms with van der Waals surface area (Å²) in [5.41, 5.74) is 1.73. The lowest BCUT2D eigenvalue weighted by atomic mass is 10.2. The zero-order valence-electron chi connectivity index (χ0n) is 17.7. The highest BCUT2D eigenvalue weighted by atomic mass is 16.5. The number of aryl methyl sites for hydroxylation is 1. The van der Waals surface area contributed by atoms with Crippen molar-refractivity contribution < 1.29 is 23.5 Å². The fraction of sp³-hybridized carbons (Fsp3) is 0.318. The van der Waals surface area contributed by atoms with Gasteiger partial charge in [0.25, 0.3) is 5.91 Å². The van der Waals surface area contributed by atoms with E-state index in [2.05, 4.69) is 10.1 Å². The topological polar surface area (TPSA) is 86.9 Å². The Morgan fingerprint density at radius 2 is 1.93 bits per heavy atom. The van der Waals surface area contributed by atoms with Gasteiger partial charge >= 0.3 is 0 Å². The summed E-state index contributed by atoms with van der Waals surface area (Å²) in [6, 6.07) is 12.9. The number of benzene rings is 2. The first-order valence-corrected chi connectivity index (χ1v) is 9.44. The van der Waals surface area contributed by atoms with E-state index in [0.29, 0.717) is 34.5 Å². The van der Waals surface area contributed by atoms with Gasteiger partial charge in [-0.2, -0.15) is 4.98 Å². The molecule has 0 unspecified atom stereocenters. The van der Waals surface area contributed by atoms with Gasteiger partial charge in [0.2, 0.25) is 11.7 Å². The molecule has 0 radical (unpaired) electrons. The predicted molar refractivity (Wildman–Crippen MR) is 111 cm³/mol. The first kappa shape index (κ1) is 21.2. The quantitative estimate of drug-likeness (QED) is 0.561. The second kappa shape index (κ2) is 9.30. The van der Waals surface area contributed by atoms with Crippen LogP contribution in [0.15, 0.2) is 47.0 Å². The standard InChI is InChI=1S/C22H25N3O5/c1-14-7-6-8-17(11-14)29-15(2)22(26)25(3)13-20-23-21(24-30-20)18-10-9-16(27-4)12-19(18)28-5/h6-12,15H,13H2,1-5H3/t15-/m1/s1. The number of carbonyl (C=O) groups excluding carboxylic acids is 1. The first-order valence-electron chi connectivity index (χ1n) is 9.44. The van der Waals surface area contributed by atoms with Gasteiger partial charge in [0, 0.05) is 13.1 Å². The summed E-state index contributed by atoms with van der Waals surface area (Å²) in [4.78, 5) is 18.5. The molecule has 0 fully saturated rings. The molecule has 1 amide bonds. The van der Waals surface area contributed by atoms with Gasteiger partial charge in [-0.3, -0.25) is 4.79 Å². The maximum atomic E-state index is 12.7. The van der Waals surface area contributed by atoms with Crippen LogP contribution in [0.5, 0.6) is 17.2 Å². The van der Waals surface area contributed by atoms with Crippen molar-refractivity contribution in [2.75, 3.05) is 21.3 Å². The molecule has 30 heavy (non-hydrogen) atoms. The Labute approximate surface area is 175 Å². The van der Waals surface area contributed by atoms with Gasteiger partial charge in [-0.15, -0.1) is 0 Å². The molecule has 158 valence electrons. The van der Waals surface area contributed by atoms with Crippen LogP contribution in [0.1, 0.15) is 18.4 Å². The van der Waals surface area contributed by atoms with Crippen LogP contribution in [0.4, 0.5) is 0 Å². The number of hydrogen-bond acceptors (Lipinski definition) is 7. The van der Waals surface area contributed by atoms with Gasteiger partial charge in [-0.05, 0) is 43.7 Å². The van der Waals surface area contributed by atoms with Gasteiger partial charge in [0.05, 0.1) is 26.3 Å². The van der Waals surface area contributed by atoms with Crippen LogP contribution in [-0.4, -0.2) is 48.3 Å². The Morgan fingerprint density at radius 1 is 1.13 bits per heavy atom. The highest BCUT2D eigenvalue weighted by molar-refractivity contribution is 5.80. The maximum Gasteiger partial charge on any atom is 0.263 e. The molecule has 8 heteroatoms. The number of rotatable bonds is 8. The number of likely N-dealkylation sites (N-methyl/N-ethyl adjacent to an activating group) is 1. The lowest BCUT2D eigenvalue weighted by Gasteiger charge is -2.20. The van der Waals surface area contributed by atoms with Crippen LogP contribution in [0.3, 0.4) is 0 Å². The molecule has 0 spiro atoms. The second-order valence-electron chi connectivity index (χ2n) is 6.85. The zero-order chi connectivity index (χ0) is 21.7. The second-order valence-corrected chi connectivity index (χ2v) is 6.85. The number of nitrogens with zero attached hydrogens (tertiary/aromatic N) is 3. The van der Waals surface area contributed by atoms with E-state index < -0.39 is 6.10 Å². The smallest absolute Gasteiger partial charge is 0.263 e. The summed E-state index contributed by atoms with van der Waals surface area (Å²) in [6.07, 6.45) is -0.652. The summed E-state index contributed by atoms with van der Waals surface area (Å²) < 4.78 is 21.7. The SMILES string of the molecule is COc1ccc(-c2noc(CN(C)C(=O)[C@@H](C)Oc3cccc(C)c3)n2)c(OC)c1. The molecule has 0 bridgehead atoms. The van der Waals surface area contributed by atoms with Crippen molar-refractivity contribution in [2.45, 2.75) is 26.5 Å². The molecule has 1 aromatic heterocycles. The lowest BCUT2D eigenvalue weighted by molar-refractivity contribution is -0.137. The molecule has 1 atom stereocenters. The molecule has 3 aromatic rings. The predicted octanol–water partition coefficient (Wildman–Crippen LogP) is 3.49. The Bertz CT molecular complexity index is 1020. The van der Waals surface area contributed by atoms with E-state index in [1.807, 2.05) is 31.2 Å². The van der Waals surface area contributed by atoms with E-state index in [4.69, 9.17) is 18.7 Å². The summed E-state index contributed by atoms with van der Waals surface area (Å²) in [6.45, 7) is 3.84. The van der Waals surface area contributed by atoms with E-state index in [1.165, 1.54) is 4.90 Å². The van der Waals surface area contributed by atoms with Crippen LogP contribution < -0.4 is 14.2 Å². The normalized spacial score (nSPS) is 11.6. The van der Waals surface area contributed by atoms with Gasteiger partial charge in [-0.25, -0.2) is 0 Å². The summed E-state index contributed by atoms with van der Waals surface area (Å²) >= 11 is 0. The van der Waals surface area contributed by atoms with Gasteiger partial charge < -0.3 is 23.6 Å². The van der Waals surface area contributed by atoms with Crippen molar-refractivity contribution in [3.63, 3.8) is 0 Å². The zero-order valence-corrected chi connectivity index (χ0v) is 17.7. The van der Waals surface area contributed by atoms with Gasteiger partial charge in [0.15, 0.2) is 6.10 Å². The number of aromatic nitrogens is 2. The Hall–Kier alpha value is -3.55. The Kier molecular flexibility index (Phi) is 6.56. The van der Waals surface area contributed by atoms with Crippen molar-refractivity contribution in [2.24, 2.45) is 0 Å². The van der Waals surface area contributed by atoms with E-state index in [0.717, 1.165) is 5.56 Å². The maximum absolute atomic E-state index is 12.7. The molecular formula is C22H25N3O5. The van der Waals surface area contributed by atoms with E-state index in [9.17, 15) is 4.79 Å². The minimum absolute atomic E-state index is 0.159. The van der Waals surface area contributed by atoms with Crippen LogP contribution in [0, 0.1) is 6.92 Å². The van der Waals surface area contributed by atoms with Gasteiger partial charge in [-0.1, -0.05) is 17.3 Å². The molecule has 0 aliphatic heterocycles. The largest absolute Gasteiger partial charge is 0.497 e. The fourth-order valence-corrected chi connectivity index (χ4v) is 2.95. The highest BCUT2D eigenvalue weighted by Crippen LogP contribution is 2.31. The van der Waals surface area contributed by atoms with Gasteiger partial charge in [0.1, 0.15) is 17.2 Å². The van der Waals surface area contributed by atoms with Crippen LogP contribution in [0.25, 0.3) is 11.4 Å². The van der Waals surface area contributed by atoms with Crippen LogP contribution in [0.2, 0.25) is 0 Å². The first-order chi connectivity index (χ1) is 14.4. The van der Waals surface area contributed by atoms with Crippen molar-refractivity contribution >= 4 is 5.91 Å². The average molecular weight is 411 g/mol. The molecule has 1 heterocycles. The van der Waals surface area contributed by atoms with Crippen LogP contribution >= 0.6 is 0 Å². The van der Waals surface area contributed by atoms with E-state index in [-0.39, 0.29) is 12.5 Å². The Balaban J connectivity index is 1.67. The third-order valence-corrected chi connectivity index (χ3v) is 4.52. The molecule has 0 saturated carbocycles. The fourth-order valence-electron chi connectivity index (χ4n) is 2.95. The summed E-state index contributed by atoms with van der Waals surface area (Å²) in [7, 11) is 4.80. The molecule has 0 aliphatic carbocycles. The summed E-state index contributed by atoms with van der Waals surface area (Å²) in [5.74, 6) is 2.35. The van der Waals surface area contributed by atoms with Crippen molar-refractivity contribution in [1.29, 1.82) is 0 Å². The average Bonchev–Trinajstić information content (AvgIpc) is 3.20. The summed E-state index contributed by atoms with van der Waals surface area (Å²) in [5, 5.41) is 4.01. The molecule has 0 N–H and O–H groups in total. The molecule has 3 rings (SSSR count). The molecule has 8 nitrogen and oxygen atoms in total. The lowest BCUT2D eigenvalue weighted by Crippen LogP contribution is -2.37. The number of hydrogen-bond donors (Lipinski definition) is 0. The van der Waals surface area contributed by atoms with Crippen LogP contribution in [-0.2, 0) is 11.3 Å². The minimum atomic E-state index is -0.652. The van der Waals surface area contributed by atoms with E-state index in [1.54, 1.807) is 46.4 Å². The number of amides is 1. The molecule has 0 saturated heterocycles. The third kappa shape index (κ3) is 4.89. The van der Waals surface area contributed by atoms with E-state index >= 15 is 0 Å². The number of carbonyl (C=O) groups is 1. The molecule has 0 aliphatic rings. The van der Waals surface area contributed by atoms with Crippen molar-refractivity contribution in [3.8, 4) is 28.6 Å². The number of ether oxygens (including phenoxy) is 3. The Morgan fingerprint density at radius 3 is 2.63 bits per heavy atom.